The third-order valence-corrected chi connectivity index (χ3v) is 2.77. The van der Waals surface area contributed by atoms with E-state index in [1.807, 2.05) is 20.2 Å². The van der Waals surface area contributed by atoms with Crippen molar-refractivity contribution in [3.63, 3.8) is 0 Å². The normalized spacial score (nSPS) is 13.2. The Morgan fingerprint density at radius 1 is 1.50 bits per heavy atom. The van der Waals surface area contributed by atoms with Crippen molar-refractivity contribution in [1.82, 2.24) is 4.90 Å². The molecule has 0 N–H and O–H groups in total. The average molecular weight is 246 g/mol. The standard InChI is InChI=1S/C10H18N2O3S/c1-7(9(13)15-5)11-10(16-6)12(3)8(2)14-4/h8H,1H2,2-6H3. The largest absolute Gasteiger partial charge is 0.464 e. The second kappa shape index (κ2) is 7.29. The van der Waals surface area contributed by atoms with E-state index in [1.54, 1.807) is 12.0 Å². The second-order valence-corrected chi connectivity index (χ2v) is 3.76. The number of esters is 1. The van der Waals surface area contributed by atoms with Crippen LogP contribution in [0.1, 0.15) is 6.92 Å². The molecule has 0 rings (SSSR count). The summed E-state index contributed by atoms with van der Waals surface area (Å²) >= 11 is 1.41. The fraction of sp³-hybridized carbons (Fsp3) is 0.600. The predicted molar refractivity (Wildman–Crippen MR) is 66.3 cm³/mol. The lowest BCUT2D eigenvalue weighted by atomic mass is 10.5. The molecule has 0 aliphatic rings. The van der Waals surface area contributed by atoms with Gasteiger partial charge in [0.1, 0.15) is 11.9 Å². The zero-order valence-corrected chi connectivity index (χ0v) is 11.1. The maximum atomic E-state index is 11.1. The minimum Gasteiger partial charge on any atom is -0.464 e. The lowest BCUT2D eigenvalue weighted by Crippen LogP contribution is -2.34. The minimum absolute atomic E-state index is 0.0713. The fourth-order valence-corrected chi connectivity index (χ4v) is 1.50. The van der Waals surface area contributed by atoms with Gasteiger partial charge in [-0.05, 0) is 13.2 Å². The van der Waals surface area contributed by atoms with E-state index in [0.29, 0.717) is 5.17 Å². The number of methoxy groups -OCH3 is 2. The Labute approximate surface area is 101 Å². The first-order valence-corrected chi connectivity index (χ1v) is 5.85. The minimum atomic E-state index is -0.537. The second-order valence-electron chi connectivity index (χ2n) is 2.98. The molecule has 0 fully saturated rings. The van der Waals surface area contributed by atoms with E-state index in [-0.39, 0.29) is 11.9 Å². The van der Waals surface area contributed by atoms with Crippen LogP contribution >= 0.6 is 11.8 Å². The van der Waals surface area contributed by atoms with Crippen LogP contribution in [0.5, 0.6) is 0 Å². The molecular formula is C10H18N2O3S. The van der Waals surface area contributed by atoms with Gasteiger partial charge in [-0.1, -0.05) is 18.3 Å². The lowest BCUT2D eigenvalue weighted by molar-refractivity contribution is -0.136. The molecule has 0 aliphatic heterocycles. The van der Waals surface area contributed by atoms with E-state index in [9.17, 15) is 4.79 Å². The molecule has 0 aromatic carbocycles. The molecule has 0 amide bonds. The first-order chi connectivity index (χ1) is 7.47. The third-order valence-electron chi connectivity index (χ3n) is 2.02. The van der Waals surface area contributed by atoms with Crippen LogP contribution in [0.25, 0.3) is 0 Å². The zero-order valence-electron chi connectivity index (χ0n) is 10.3. The number of thioether (sulfide) groups is 1. The molecule has 5 nitrogen and oxygen atoms in total. The van der Waals surface area contributed by atoms with Crippen LogP contribution in [0.15, 0.2) is 17.3 Å². The third kappa shape index (κ3) is 4.24. The maximum Gasteiger partial charge on any atom is 0.356 e. The first kappa shape index (κ1) is 15.0. The summed E-state index contributed by atoms with van der Waals surface area (Å²) < 4.78 is 9.67. The Balaban J connectivity index is 4.78. The highest BCUT2D eigenvalue weighted by molar-refractivity contribution is 8.13. The summed E-state index contributed by atoms with van der Waals surface area (Å²) in [5, 5.41) is 0.643. The van der Waals surface area contributed by atoms with Crippen molar-refractivity contribution in [3.05, 3.63) is 12.3 Å². The van der Waals surface area contributed by atoms with Gasteiger partial charge in [-0.25, -0.2) is 9.79 Å². The first-order valence-electron chi connectivity index (χ1n) is 4.63. The molecule has 0 radical (unpaired) electrons. The van der Waals surface area contributed by atoms with E-state index in [4.69, 9.17) is 4.74 Å². The van der Waals surface area contributed by atoms with Crippen molar-refractivity contribution in [2.75, 3.05) is 27.5 Å². The topological polar surface area (TPSA) is 51.1 Å². The van der Waals surface area contributed by atoms with Gasteiger partial charge < -0.3 is 14.4 Å². The summed E-state index contributed by atoms with van der Waals surface area (Å²) in [5.41, 5.74) is 0.0713. The van der Waals surface area contributed by atoms with Gasteiger partial charge in [0.2, 0.25) is 0 Å². The molecule has 0 aliphatic carbocycles. The fourth-order valence-electron chi connectivity index (χ4n) is 0.861. The van der Waals surface area contributed by atoms with Gasteiger partial charge in [-0.3, -0.25) is 0 Å². The Kier molecular flexibility index (Phi) is 6.83. The lowest BCUT2D eigenvalue weighted by Gasteiger charge is -2.25. The molecule has 1 unspecified atom stereocenters. The molecule has 6 heteroatoms. The highest BCUT2D eigenvalue weighted by Gasteiger charge is 2.14. The Morgan fingerprint density at radius 3 is 2.44 bits per heavy atom. The van der Waals surface area contributed by atoms with Crippen LogP contribution in [0.3, 0.4) is 0 Å². The summed E-state index contributed by atoms with van der Waals surface area (Å²) in [7, 11) is 4.73. The molecular weight excluding hydrogens is 228 g/mol. The molecule has 0 spiro atoms. The quantitative estimate of drug-likeness (QED) is 0.246. The maximum absolute atomic E-state index is 11.1. The summed E-state index contributed by atoms with van der Waals surface area (Å²) in [6, 6.07) is 0. The molecule has 0 bridgehead atoms. The number of amidine groups is 1. The zero-order chi connectivity index (χ0) is 12.7. The van der Waals surface area contributed by atoms with Crippen molar-refractivity contribution < 1.29 is 14.3 Å². The molecule has 0 aromatic heterocycles. The number of carbonyl (C=O) groups excluding carboxylic acids is 1. The predicted octanol–water partition coefficient (Wildman–Crippen LogP) is 1.32. The SMILES string of the molecule is C=C(N=C(SC)N(C)C(C)OC)C(=O)OC. The molecule has 0 saturated carbocycles. The Morgan fingerprint density at radius 2 is 2.06 bits per heavy atom. The van der Waals surface area contributed by atoms with Crippen molar-refractivity contribution >= 4 is 22.9 Å². The summed E-state index contributed by atoms with van der Waals surface area (Å²) in [6.07, 6.45) is 1.74. The van der Waals surface area contributed by atoms with E-state index in [0.717, 1.165) is 0 Å². The van der Waals surface area contributed by atoms with E-state index in [2.05, 4.69) is 16.3 Å². The number of hydrogen-bond donors (Lipinski definition) is 0. The highest BCUT2D eigenvalue weighted by atomic mass is 32.2. The summed E-state index contributed by atoms with van der Waals surface area (Å²) in [5.74, 6) is -0.537. The Bertz CT molecular complexity index is 292. The summed E-state index contributed by atoms with van der Waals surface area (Å²) in [6.45, 7) is 5.42. The summed E-state index contributed by atoms with van der Waals surface area (Å²) in [4.78, 5) is 17.0. The van der Waals surface area contributed by atoms with E-state index < -0.39 is 5.97 Å². The number of nitrogens with zero attached hydrogens (tertiary/aromatic N) is 2. The van der Waals surface area contributed by atoms with Gasteiger partial charge in [0.15, 0.2) is 5.17 Å². The Hall–Kier alpha value is -1.01. The van der Waals surface area contributed by atoms with Gasteiger partial charge in [-0.2, -0.15) is 0 Å². The van der Waals surface area contributed by atoms with Crippen LogP contribution in [-0.2, 0) is 14.3 Å². The van der Waals surface area contributed by atoms with Crippen LogP contribution in [0.2, 0.25) is 0 Å². The molecule has 0 aromatic rings. The van der Waals surface area contributed by atoms with Gasteiger partial charge >= 0.3 is 5.97 Å². The monoisotopic (exact) mass is 246 g/mol. The number of rotatable bonds is 4. The van der Waals surface area contributed by atoms with Crippen molar-refractivity contribution in [3.8, 4) is 0 Å². The molecule has 16 heavy (non-hydrogen) atoms. The number of carbonyl (C=O) groups is 1. The van der Waals surface area contributed by atoms with E-state index in [1.165, 1.54) is 18.9 Å². The van der Waals surface area contributed by atoms with Crippen LogP contribution in [-0.4, -0.2) is 49.8 Å². The van der Waals surface area contributed by atoms with Crippen LogP contribution < -0.4 is 0 Å². The van der Waals surface area contributed by atoms with Crippen molar-refractivity contribution in [2.45, 2.75) is 13.2 Å². The highest BCUT2D eigenvalue weighted by Crippen LogP contribution is 2.11. The van der Waals surface area contributed by atoms with Gasteiger partial charge in [0.25, 0.3) is 0 Å². The number of hydrogen-bond acceptors (Lipinski definition) is 5. The smallest absolute Gasteiger partial charge is 0.356 e. The molecule has 0 saturated heterocycles. The molecule has 92 valence electrons. The number of ether oxygens (including phenoxy) is 2. The van der Waals surface area contributed by atoms with Gasteiger partial charge in [-0.15, -0.1) is 0 Å². The molecule has 0 heterocycles. The van der Waals surface area contributed by atoms with Crippen LogP contribution in [0, 0.1) is 0 Å². The molecule has 1 atom stereocenters. The van der Waals surface area contributed by atoms with Crippen LogP contribution in [0.4, 0.5) is 0 Å². The average Bonchev–Trinajstić information content (AvgIpc) is 2.32. The number of aliphatic imine (C=N–C) groups is 1. The van der Waals surface area contributed by atoms with Gasteiger partial charge in [0, 0.05) is 14.2 Å². The van der Waals surface area contributed by atoms with Crippen molar-refractivity contribution in [2.24, 2.45) is 4.99 Å². The van der Waals surface area contributed by atoms with Gasteiger partial charge in [0.05, 0.1) is 7.11 Å². The van der Waals surface area contributed by atoms with E-state index >= 15 is 0 Å². The van der Waals surface area contributed by atoms with Crippen molar-refractivity contribution in [1.29, 1.82) is 0 Å².